The Morgan fingerprint density at radius 1 is 1.29 bits per heavy atom. The molecule has 4 rings (SSSR count). The standard InChI is InChI=1S/C18H17NO4S/c20-14-1-2-15-13(7-18(21)23-16(15)8-14)9-19-4-5-22-17(10-19)12-3-6-24-11-12/h1-3,6-8,11,17,20H,4-5,9-10H2/t17-/m1/s1. The molecular formula is C18H17NO4S. The first-order chi connectivity index (χ1) is 11.7. The van der Waals surface area contributed by atoms with E-state index in [4.69, 9.17) is 9.15 Å². The number of phenolic OH excluding ortho intramolecular Hbond substituents is 1. The third-order valence-corrected chi connectivity index (χ3v) is 4.97. The van der Waals surface area contributed by atoms with Crippen LogP contribution in [0.5, 0.6) is 5.75 Å². The monoisotopic (exact) mass is 343 g/mol. The normalized spacial score (nSPS) is 18.9. The van der Waals surface area contributed by atoms with Crippen molar-refractivity contribution in [3.05, 3.63) is 62.6 Å². The fourth-order valence-corrected chi connectivity index (χ4v) is 3.80. The Kier molecular flexibility index (Phi) is 4.10. The van der Waals surface area contributed by atoms with E-state index in [1.165, 1.54) is 17.7 Å². The molecule has 6 heteroatoms. The SMILES string of the molecule is O=c1cc(CN2CCO[C@@H](c3ccsc3)C2)c2ccc(O)cc2o1. The largest absolute Gasteiger partial charge is 0.508 e. The third-order valence-electron chi connectivity index (χ3n) is 4.27. The van der Waals surface area contributed by atoms with Gasteiger partial charge in [-0.2, -0.15) is 11.3 Å². The Labute approximate surface area is 142 Å². The summed E-state index contributed by atoms with van der Waals surface area (Å²) in [5.74, 6) is 0.0895. The summed E-state index contributed by atoms with van der Waals surface area (Å²) in [5.41, 5.74) is 2.13. The van der Waals surface area contributed by atoms with Gasteiger partial charge in [0, 0.05) is 37.2 Å². The molecule has 3 heterocycles. The van der Waals surface area contributed by atoms with Gasteiger partial charge in [-0.05, 0) is 40.1 Å². The Balaban J connectivity index is 1.61. The molecular weight excluding hydrogens is 326 g/mol. The van der Waals surface area contributed by atoms with Crippen LogP contribution in [0.3, 0.4) is 0 Å². The van der Waals surface area contributed by atoms with E-state index in [0.717, 1.165) is 24.0 Å². The second-order valence-corrected chi connectivity index (χ2v) is 6.70. The van der Waals surface area contributed by atoms with Crippen LogP contribution in [0.25, 0.3) is 11.0 Å². The van der Waals surface area contributed by atoms with Gasteiger partial charge in [-0.25, -0.2) is 4.79 Å². The average molecular weight is 343 g/mol. The zero-order valence-corrected chi connectivity index (χ0v) is 13.8. The van der Waals surface area contributed by atoms with Crippen molar-refractivity contribution >= 4 is 22.3 Å². The van der Waals surface area contributed by atoms with Gasteiger partial charge >= 0.3 is 5.63 Å². The predicted octanol–water partition coefficient (Wildman–Crippen LogP) is 3.13. The number of phenols is 1. The Morgan fingerprint density at radius 3 is 3.04 bits per heavy atom. The molecule has 0 spiro atoms. The van der Waals surface area contributed by atoms with Gasteiger partial charge in [0.15, 0.2) is 0 Å². The van der Waals surface area contributed by atoms with Crippen LogP contribution in [0.4, 0.5) is 0 Å². The van der Waals surface area contributed by atoms with Crippen LogP contribution in [0.15, 0.2) is 50.3 Å². The molecule has 24 heavy (non-hydrogen) atoms. The molecule has 1 aromatic carbocycles. The van der Waals surface area contributed by atoms with E-state index in [1.807, 2.05) is 0 Å². The molecule has 1 aliphatic rings. The van der Waals surface area contributed by atoms with E-state index in [-0.39, 0.29) is 11.9 Å². The first kappa shape index (κ1) is 15.4. The number of nitrogens with zero attached hydrogens (tertiary/aromatic N) is 1. The fourth-order valence-electron chi connectivity index (χ4n) is 3.10. The van der Waals surface area contributed by atoms with Crippen LogP contribution >= 0.6 is 11.3 Å². The smallest absolute Gasteiger partial charge is 0.336 e. The molecule has 1 fully saturated rings. The van der Waals surface area contributed by atoms with Crippen LogP contribution in [0, 0.1) is 0 Å². The van der Waals surface area contributed by atoms with Gasteiger partial charge in [-0.3, -0.25) is 4.90 Å². The highest BCUT2D eigenvalue weighted by Gasteiger charge is 2.23. The minimum Gasteiger partial charge on any atom is -0.508 e. The predicted molar refractivity (Wildman–Crippen MR) is 92.4 cm³/mol. The van der Waals surface area contributed by atoms with Gasteiger partial charge in [-0.1, -0.05) is 0 Å². The molecule has 0 unspecified atom stereocenters. The molecule has 0 aliphatic carbocycles. The maximum atomic E-state index is 11.8. The number of aromatic hydroxyl groups is 1. The van der Waals surface area contributed by atoms with Gasteiger partial charge < -0.3 is 14.3 Å². The van der Waals surface area contributed by atoms with Crippen LogP contribution in [0.1, 0.15) is 17.2 Å². The first-order valence-corrected chi connectivity index (χ1v) is 8.75. The van der Waals surface area contributed by atoms with Crippen molar-refractivity contribution in [1.82, 2.24) is 4.90 Å². The molecule has 0 bridgehead atoms. The van der Waals surface area contributed by atoms with Crippen molar-refractivity contribution in [2.75, 3.05) is 19.7 Å². The molecule has 0 radical (unpaired) electrons. The summed E-state index contributed by atoms with van der Waals surface area (Å²) in [7, 11) is 0. The zero-order chi connectivity index (χ0) is 16.5. The maximum Gasteiger partial charge on any atom is 0.336 e. The molecule has 1 atom stereocenters. The highest BCUT2D eigenvalue weighted by Crippen LogP contribution is 2.27. The third kappa shape index (κ3) is 3.08. The lowest BCUT2D eigenvalue weighted by Crippen LogP contribution is -2.37. The summed E-state index contributed by atoms with van der Waals surface area (Å²) in [6, 6.07) is 8.51. The quantitative estimate of drug-likeness (QED) is 0.740. The molecule has 1 N–H and O–H groups in total. The molecule has 0 amide bonds. The van der Waals surface area contributed by atoms with Crippen molar-refractivity contribution in [1.29, 1.82) is 0 Å². The second-order valence-electron chi connectivity index (χ2n) is 5.92. The highest BCUT2D eigenvalue weighted by atomic mass is 32.1. The van der Waals surface area contributed by atoms with Gasteiger partial charge in [-0.15, -0.1) is 0 Å². The maximum absolute atomic E-state index is 11.8. The number of fused-ring (bicyclic) bond motifs is 1. The number of hydrogen-bond acceptors (Lipinski definition) is 6. The van der Waals surface area contributed by atoms with E-state index < -0.39 is 5.63 Å². The summed E-state index contributed by atoms with van der Waals surface area (Å²) >= 11 is 1.67. The topological polar surface area (TPSA) is 62.9 Å². The van der Waals surface area contributed by atoms with E-state index in [9.17, 15) is 9.90 Å². The molecule has 1 saturated heterocycles. The average Bonchev–Trinajstić information content (AvgIpc) is 3.09. The van der Waals surface area contributed by atoms with Crippen molar-refractivity contribution in [2.24, 2.45) is 0 Å². The number of hydrogen-bond donors (Lipinski definition) is 1. The number of thiophene rings is 1. The highest BCUT2D eigenvalue weighted by molar-refractivity contribution is 7.07. The van der Waals surface area contributed by atoms with E-state index >= 15 is 0 Å². The summed E-state index contributed by atoms with van der Waals surface area (Å²) in [6.07, 6.45) is 0.0698. The molecule has 124 valence electrons. The van der Waals surface area contributed by atoms with Gasteiger partial charge in [0.25, 0.3) is 0 Å². The molecule has 2 aromatic heterocycles. The molecule has 0 saturated carbocycles. The van der Waals surface area contributed by atoms with Crippen LogP contribution < -0.4 is 5.63 Å². The Hall–Kier alpha value is -2.15. The molecule has 1 aliphatic heterocycles. The number of morpholine rings is 1. The minimum absolute atomic E-state index is 0.0698. The van der Waals surface area contributed by atoms with Crippen molar-refractivity contribution in [3.8, 4) is 5.75 Å². The lowest BCUT2D eigenvalue weighted by Gasteiger charge is -2.32. The van der Waals surface area contributed by atoms with Crippen LogP contribution in [-0.4, -0.2) is 29.7 Å². The Bertz CT molecular complexity index is 903. The second kappa shape index (κ2) is 6.39. The summed E-state index contributed by atoms with van der Waals surface area (Å²) in [6.45, 7) is 2.93. The number of rotatable bonds is 3. The number of ether oxygens (including phenoxy) is 1. The van der Waals surface area contributed by atoms with Crippen LogP contribution in [0.2, 0.25) is 0 Å². The van der Waals surface area contributed by atoms with Gasteiger partial charge in [0.1, 0.15) is 11.3 Å². The van der Waals surface area contributed by atoms with Crippen LogP contribution in [-0.2, 0) is 11.3 Å². The lowest BCUT2D eigenvalue weighted by molar-refractivity contribution is -0.0326. The minimum atomic E-state index is -0.397. The van der Waals surface area contributed by atoms with E-state index in [1.54, 1.807) is 23.5 Å². The first-order valence-electron chi connectivity index (χ1n) is 7.81. The molecule has 5 nitrogen and oxygen atoms in total. The zero-order valence-electron chi connectivity index (χ0n) is 13.0. The summed E-state index contributed by atoms with van der Waals surface area (Å²) < 4.78 is 11.1. The van der Waals surface area contributed by atoms with E-state index in [0.29, 0.717) is 18.7 Å². The fraction of sp³-hybridized carbons (Fsp3) is 0.278. The summed E-state index contributed by atoms with van der Waals surface area (Å²) in [4.78, 5) is 14.1. The lowest BCUT2D eigenvalue weighted by atomic mass is 10.1. The van der Waals surface area contributed by atoms with Crippen molar-refractivity contribution in [3.63, 3.8) is 0 Å². The Morgan fingerprint density at radius 2 is 2.21 bits per heavy atom. The molecule has 3 aromatic rings. The number of benzene rings is 1. The van der Waals surface area contributed by atoms with Gasteiger partial charge in [0.2, 0.25) is 0 Å². The summed E-state index contributed by atoms with van der Waals surface area (Å²) in [5, 5.41) is 14.6. The van der Waals surface area contributed by atoms with E-state index in [2.05, 4.69) is 21.7 Å². The van der Waals surface area contributed by atoms with Gasteiger partial charge in [0.05, 0.1) is 12.7 Å². The van der Waals surface area contributed by atoms with Crippen molar-refractivity contribution in [2.45, 2.75) is 12.6 Å². The van der Waals surface area contributed by atoms with Crippen molar-refractivity contribution < 1.29 is 14.3 Å².